The zero-order valence-corrected chi connectivity index (χ0v) is 12.3. The van der Waals surface area contributed by atoms with Gasteiger partial charge in [0.1, 0.15) is 0 Å². The van der Waals surface area contributed by atoms with E-state index >= 15 is 0 Å². The van der Waals surface area contributed by atoms with Gasteiger partial charge in [-0.05, 0) is 44.1 Å². The third-order valence-electron chi connectivity index (χ3n) is 5.02. The summed E-state index contributed by atoms with van der Waals surface area (Å²) in [6, 6.07) is 0. The van der Waals surface area contributed by atoms with Crippen molar-refractivity contribution in [2.45, 2.75) is 46.0 Å². The van der Waals surface area contributed by atoms with Crippen molar-refractivity contribution in [1.82, 2.24) is 4.90 Å². The molecule has 110 valence electrons. The van der Waals surface area contributed by atoms with E-state index in [1.165, 1.54) is 0 Å². The zero-order chi connectivity index (χ0) is 13.9. The van der Waals surface area contributed by atoms with E-state index in [1.807, 2.05) is 0 Å². The summed E-state index contributed by atoms with van der Waals surface area (Å²) >= 11 is 0. The van der Waals surface area contributed by atoms with Crippen LogP contribution in [0.25, 0.3) is 0 Å². The Labute approximate surface area is 116 Å². The van der Waals surface area contributed by atoms with Crippen LogP contribution in [0.15, 0.2) is 0 Å². The van der Waals surface area contributed by atoms with Gasteiger partial charge >= 0.3 is 5.97 Å². The molecule has 0 atom stereocenters. The van der Waals surface area contributed by atoms with Crippen molar-refractivity contribution < 1.29 is 14.6 Å². The number of nitrogens with zero attached hydrogens (tertiary/aromatic N) is 1. The molecule has 0 amide bonds. The predicted molar refractivity (Wildman–Crippen MR) is 74.2 cm³/mol. The van der Waals surface area contributed by atoms with E-state index in [1.54, 1.807) is 0 Å². The lowest BCUT2D eigenvalue weighted by Gasteiger charge is -2.42. The second-order valence-electron chi connectivity index (χ2n) is 6.95. The third kappa shape index (κ3) is 3.69. The summed E-state index contributed by atoms with van der Waals surface area (Å²) in [4.78, 5) is 14.1. The normalized spacial score (nSPS) is 27.1. The van der Waals surface area contributed by atoms with E-state index in [0.717, 1.165) is 65.0 Å². The van der Waals surface area contributed by atoms with Crippen LogP contribution in [0.3, 0.4) is 0 Å². The standard InChI is InChI=1S/C15H27NO3/c1-14(2)3-5-15(6-4-14,13(17)18)7-8-16-9-11-19-12-10-16/h3-12H2,1-2H3,(H,17,18). The maximum atomic E-state index is 11.7. The summed E-state index contributed by atoms with van der Waals surface area (Å²) in [6.45, 7) is 8.86. The monoisotopic (exact) mass is 269 g/mol. The van der Waals surface area contributed by atoms with Crippen LogP contribution in [0.1, 0.15) is 46.0 Å². The topological polar surface area (TPSA) is 49.8 Å². The highest BCUT2D eigenvalue weighted by Crippen LogP contribution is 2.47. The number of carboxylic acids is 1. The van der Waals surface area contributed by atoms with Gasteiger partial charge in [0.05, 0.1) is 18.6 Å². The number of hydrogen-bond acceptors (Lipinski definition) is 3. The van der Waals surface area contributed by atoms with Gasteiger partial charge in [-0.25, -0.2) is 0 Å². The molecule has 0 aromatic heterocycles. The lowest BCUT2D eigenvalue weighted by atomic mass is 9.64. The minimum atomic E-state index is -0.587. The van der Waals surface area contributed by atoms with Gasteiger partial charge in [0.15, 0.2) is 0 Å². The highest BCUT2D eigenvalue weighted by Gasteiger charge is 2.43. The first kappa shape index (κ1) is 14.8. The smallest absolute Gasteiger partial charge is 0.309 e. The van der Waals surface area contributed by atoms with Gasteiger partial charge in [-0.15, -0.1) is 0 Å². The molecule has 0 radical (unpaired) electrons. The van der Waals surface area contributed by atoms with Crippen molar-refractivity contribution >= 4 is 5.97 Å². The Bertz CT molecular complexity index is 311. The van der Waals surface area contributed by atoms with Gasteiger partial charge in [-0.3, -0.25) is 9.69 Å². The maximum absolute atomic E-state index is 11.7. The Morgan fingerprint density at radius 1 is 1.16 bits per heavy atom. The molecule has 0 bridgehead atoms. The van der Waals surface area contributed by atoms with Crippen LogP contribution in [0, 0.1) is 10.8 Å². The van der Waals surface area contributed by atoms with Crippen molar-refractivity contribution in [3.8, 4) is 0 Å². The summed E-state index contributed by atoms with van der Waals surface area (Å²) in [7, 11) is 0. The van der Waals surface area contributed by atoms with Crippen LogP contribution in [-0.2, 0) is 9.53 Å². The molecular formula is C15H27NO3. The molecule has 1 aliphatic heterocycles. The molecule has 1 heterocycles. The van der Waals surface area contributed by atoms with E-state index < -0.39 is 11.4 Å². The molecule has 1 saturated carbocycles. The van der Waals surface area contributed by atoms with Crippen molar-refractivity contribution in [3.05, 3.63) is 0 Å². The zero-order valence-electron chi connectivity index (χ0n) is 12.3. The fraction of sp³-hybridized carbons (Fsp3) is 0.933. The first-order chi connectivity index (χ1) is 8.94. The highest BCUT2D eigenvalue weighted by molar-refractivity contribution is 5.74. The van der Waals surface area contributed by atoms with Crippen molar-refractivity contribution in [2.24, 2.45) is 10.8 Å². The summed E-state index contributed by atoms with van der Waals surface area (Å²) in [6.07, 6.45) is 4.52. The average Bonchev–Trinajstić information content (AvgIpc) is 2.39. The Morgan fingerprint density at radius 3 is 2.26 bits per heavy atom. The second-order valence-corrected chi connectivity index (χ2v) is 6.95. The van der Waals surface area contributed by atoms with Gasteiger partial charge in [0.2, 0.25) is 0 Å². The number of aliphatic carboxylic acids is 1. The molecular weight excluding hydrogens is 242 g/mol. The van der Waals surface area contributed by atoms with E-state index in [2.05, 4.69) is 18.7 Å². The van der Waals surface area contributed by atoms with Crippen LogP contribution in [0.2, 0.25) is 0 Å². The van der Waals surface area contributed by atoms with Crippen LogP contribution in [-0.4, -0.2) is 48.8 Å². The van der Waals surface area contributed by atoms with Gasteiger partial charge in [-0.1, -0.05) is 13.8 Å². The quantitative estimate of drug-likeness (QED) is 0.851. The van der Waals surface area contributed by atoms with Crippen LogP contribution < -0.4 is 0 Å². The molecule has 19 heavy (non-hydrogen) atoms. The predicted octanol–water partition coefficient (Wildman–Crippen LogP) is 2.38. The first-order valence-electron chi connectivity index (χ1n) is 7.47. The molecule has 0 aromatic rings. The molecule has 2 fully saturated rings. The molecule has 2 rings (SSSR count). The number of hydrogen-bond donors (Lipinski definition) is 1. The molecule has 1 aliphatic carbocycles. The van der Waals surface area contributed by atoms with E-state index in [-0.39, 0.29) is 0 Å². The van der Waals surface area contributed by atoms with Crippen LogP contribution >= 0.6 is 0 Å². The lowest BCUT2D eigenvalue weighted by Crippen LogP contribution is -2.43. The Balaban J connectivity index is 1.91. The van der Waals surface area contributed by atoms with Crippen LogP contribution in [0.4, 0.5) is 0 Å². The van der Waals surface area contributed by atoms with E-state index in [0.29, 0.717) is 5.41 Å². The molecule has 0 aromatic carbocycles. The number of carbonyl (C=O) groups is 1. The fourth-order valence-corrected chi connectivity index (χ4v) is 3.17. The summed E-state index contributed by atoms with van der Waals surface area (Å²) in [5.41, 5.74) is -0.161. The summed E-state index contributed by atoms with van der Waals surface area (Å²) in [5, 5.41) is 9.65. The second kappa shape index (κ2) is 5.80. The van der Waals surface area contributed by atoms with Gasteiger partial charge < -0.3 is 9.84 Å². The van der Waals surface area contributed by atoms with Gasteiger partial charge in [0.25, 0.3) is 0 Å². The SMILES string of the molecule is CC1(C)CCC(CCN2CCOCC2)(C(=O)O)CC1. The molecule has 4 heteroatoms. The third-order valence-corrected chi connectivity index (χ3v) is 5.02. The number of rotatable bonds is 4. The molecule has 2 aliphatic rings. The Hall–Kier alpha value is -0.610. The number of ether oxygens (including phenoxy) is 1. The fourth-order valence-electron chi connectivity index (χ4n) is 3.17. The summed E-state index contributed by atoms with van der Waals surface area (Å²) in [5.74, 6) is -0.587. The van der Waals surface area contributed by atoms with Crippen molar-refractivity contribution in [1.29, 1.82) is 0 Å². The lowest BCUT2D eigenvalue weighted by molar-refractivity contribution is -0.153. The molecule has 0 spiro atoms. The minimum absolute atomic E-state index is 0.317. The molecule has 1 N–H and O–H groups in total. The van der Waals surface area contributed by atoms with Crippen LogP contribution in [0.5, 0.6) is 0 Å². The number of morpholine rings is 1. The van der Waals surface area contributed by atoms with Gasteiger partial charge in [-0.2, -0.15) is 0 Å². The van der Waals surface area contributed by atoms with Crippen molar-refractivity contribution in [2.75, 3.05) is 32.8 Å². The molecule has 4 nitrogen and oxygen atoms in total. The maximum Gasteiger partial charge on any atom is 0.309 e. The average molecular weight is 269 g/mol. The Morgan fingerprint density at radius 2 is 1.74 bits per heavy atom. The van der Waals surface area contributed by atoms with Crippen molar-refractivity contribution in [3.63, 3.8) is 0 Å². The molecule has 1 saturated heterocycles. The minimum Gasteiger partial charge on any atom is -0.481 e. The van der Waals surface area contributed by atoms with E-state index in [9.17, 15) is 9.90 Å². The first-order valence-corrected chi connectivity index (χ1v) is 7.47. The Kier molecular flexibility index (Phi) is 4.51. The largest absolute Gasteiger partial charge is 0.481 e. The van der Waals surface area contributed by atoms with Gasteiger partial charge in [0, 0.05) is 13.1 Å². The highest BCUT2D eigenvalue weighted by atomic mass is 16.5. The van der Waals surface area contributed by atoms with E-state index in [4.69, 9.17) is 4.74 Å². The molecule has 0 unspecified atom stereocenters. The summed E-state index contributed by atoms with van der Waals surface area (Å²) < 4.78 is 5.33. The number of carboxylic acid groups (broad SMARTS) is 1.